The second-order valence-corrected chi connectivity index (χ2v) is 7.14. The molecular formula is C20H24ClN3O. The SMILES string of the molecule is CC1CCN(c2ccc(C(=O)NCCc3ccc(Cl)cc3)cn2)CC1. The van der Waals surface area contributed by atoms with Gasteiger partial charge in [0.25, 0.3) is 5.91 Å². The fourth-order valence-corrected chi connectivity index (χ4v) is 3.14. The van der Waals surface area contributed by atoms with Crippen LogP contribution in [0.2, 0.25) is 5.02 Å². The number of carbonyl (C=O) groups excluding carboxylic acids is 1. The van der Waals surface area contributed by atoms with E-state index < -0.39 is 0 Å². The highest BCUT2D eigenvalue weighted by Gasteiger charge is 2.17. The molecule has 0 bridgehead atoms. The molecule has 1 amide bonds. The minimum Gasteiger partial charge on any atom is -0.357 e. The van der Waals surface area contributed by atoms with Crippen LogP contribution in [0.5, 0.6) is 0 Å². The van der Waals surface area contributed by atoms with Crippen molar-refractivity contribution in [3.8, 4) is 0 Å². The van der Waals surface area contributed by atoms with Gasteiger partial charge in [-0.25, -0.2) is 4.98 Å². The van der Waals surface area contributed by atoms with Crippen LogP contribution in [0.15, 0.2) is 42.6 Å². The predicted molar refractivity (Wildman–Crippen MR) is 102 cm³/mol. The maximum absolute atomic E-state index is 12.2. The molecule has 0 radical (unpaired) electrons. The van der Waals surface area contributed by atoms with E-state index in [9.17, 15) is 4.79 Å². The van der Waals surface area contributed by atoms with E-state index in [1.165, 1.54) is 12.8 Å². The third kappa shape index (κ3) is 4.95. The van der Waals surface area contributed by atoms with Crippen LogP contribution < -0.4 is 10.2 Å². The van der Waals surface area contributed by atoms with E-state index in [1.807, 2.05) is 36.4 Å². The highest BCUT2D eigenvalue weighted by molar-refractivity contribution is 6.30. The number of benzene rings is 1. The molecule has 25 heavy (non-hydrogen) atoms. The Bertz CT molecular complexity index is 692. The zero-order valence-electron chi connectivity index (χ0n) is 14.5. The number of anilines is 1. The minimum atomic E-state index is -0.0831. The first-order valence-electron chi connectivity index (χ1n) is 8.85. The maximum atomic E-state index is 12.2. The topological polar surface area (TPSA) is 45.2 Å². The molecule has 0 atom stereocenters. The molecule has 1 aliphatic rings. The van der Waals surface area contributed by atoms with Gasteiger partial charge in [0.1, 0.15) is 5.82 Å². The predicted octanol–water partition coefficient (Wildman–Crippen LogP) is 3.94. The van der Waals surface area contributed by atoms with Crippen molar-refractivity contribution < 1.29 is 4.79 Å². The second-order valence-electron chi connectivity index (χ2n) is 6.71. The summed E-state index contributed by atoms with van der Waals surface area (Å²) in [5.74, 6) is 1.67. The van der Waals surface area contributed by atoms with Crippen molar-refractivity contribution in [3.63, 3.8) is 0 Å². The number of nitrogens with zero attached hydrogens (tertiary/aromatic N) is 2. The molecule has 0 saturated carbocycles. The van der Waals surface area contributed by atoms with Crippen LogP contribution in [-0.4, -0.2) is 30.5 Å². The second kappa shape index (κ2) is 8.34. The quantitative estimate of drug-likeness (QED) is 0.881. The number of hydrogen-bond acceptors (Lipinski definition) is 3. The van der Waals surface area contributed by atoms with Crippen molar-refractivity contribution in [2.24, 2.45) is 5.92 Å². The van der Waals surface area contributed by atoms with Gasteiger partial charge in [-0.2, -0.15) is 0 Å². The van der Waals surface area contributed by atoms with Gasteiger partial charge >= 0.3 is 0 Å². The first kappa shape index (κ1) is 17.7. The Balaban J connectivity index is 1.49. The van der Waals surface area contributed by atoms with Gasteiger partial charge in [-0.3, -0.25) is 4.79 Å². The number of nitrogens with one attached hydrogen (secondary N) is 1. The number of hydrogen-bond donors (Lipinski definition) is 1. The molecule has 1 N–H and O–H groups in total. The number of halogens is 1. The number of pyridine rings is 1. The Hall–Kier alpha value is -2.07. The Morgan fingerprint density at radius 2 is 1.92 bits per heavy atom. The lowest BCUT2D eigenvalue weighted by Gasteiger charge is -2.31. The summed E-state index contributed by atoms with van der Waals surface area (Å²) in [4.78, 5) is 19.0. The molecule has 0 aliphatic carbocycles. The van der Waals surface area contributed by atoms with Crippen molar-refractivity contribution >= 4 is 23.3 Å². The Morgan fingerprint density at radius 3 is 2.56 bits per heavy atom. The number of piperidine rings is 1. The van der Waals surface area contributed by atoms with Crippen molar-refractivity contribution in [1.29, 1.82) is 0 Å². The van der Waals surface area contributed by atoms with Crippen LogP contribution in [0, 0.1) is 5.92 Å². The lowest BCUT2D eigenvalue weighted by Crippen LogP contribution is -2.33. The monoisotopic (exact) mass is 357 g/mol. The van der Waals surface area contributed by atoms with Crippen molar-refractivity contribution in [2.75, 3.05) is 24.5 Å². The van der Waals surface area contributed by atoms with Crippen molar-refractivity contribution in [1.82, 2.24) is 10.3 Å². The summed E-state index contributed by atoms with van der Waals surface area (Å²) in [5, 5.41) is 3.67. The molecule has 2 aromatic rings. The maximum Gasteiger partial charge on any atom is 0.252 e. The molecule has 0 unspecified atom stereocenters. The normalized spacial score (nSPS) is 15.2. The highest BCUT2D eigenvalue weighted by Crippen LogP contribution is 2.21. The summed E-state index contributed by atoms with van der Waals surface area (Å²) in [6.07, 6.45) is 4.86. The summed E-state index contributed by atoms with van der Waals surface area (Å²) in [6.45, 7) is 4.97. The summed E-state index contributed by atoms with van der Waals surface area (Å²) in [6, 6.07) is 11.5. The third-order valence-electron chi connectivity index (χ3n) is 4.73. The minimum absolute atomic E-state index is 0.0831. The lowest BCUT2D eigenvalue weighted by atomic mass is 9.99. The molecule has 132 valence electrons. The summed E-state index contributed by atoms with van der Waals surface area (Å²) >= 11 is 5.87. The largest absolute Gasteiger partial charge is 0.357 e. The van der Waals surface area contributed by atoms with Gasteiger partial charge in [0.2, 0.25) is 0 Å². The van der Waals surface area contributed by atoms with E-state index in [4.69, 9.17) is 11.6 Å². The van der Waals surface area contributed by atoms with E-state index in [1.54, 1.807) is 6.20 Å². The lowest BCUT2D eigenvalue weighted by molar-refractivity contribution is 0.0954. The average Bonchev–Trinajstić information content (AvgIpc) is 2.64. The van der Waals surface area contributed by atoms with E-state index in [2.05, 4.69) is 22.1 Å². The number of amides is 1. The fraction of sp³-hybridized carbons (Fsp3) is 0.400. The number of carbonyl (C=O) groups is 1. The Morgan fingerprint density at radius 1 is 1.20 bits per heavy atom. The summed E-state index contributed by atoms with van der Waals surface area (Å²) in [5.41, 5.74) is 1.75. The number of aromatic nitrogens is 1. The summed E-state index contributed by atoms with van der Waals surface area (Å²) < 4.78 is 0. The molecule has 4 nitrogen and oxygen atoms in total. The zero-order valence-corrected chi connectivity index (χ0v) is 15.3. The fourth-order valence-electron chi connectivity index (χ4n) is 3.02. The van der Waals surface area contributed by atoms with E-state index >= 15 is 0 Å². The van der Waals surface area contributed by atoms with Crippen molar-refractivity contribution in [3.05, 3.63) is 58.7 Å². The Labute approximate surface area is 154 Å². The van der Waals surface area contributed by atoms with Crippen molar-refractivity contribution in [2.45, 2.75) is 26.2 Å². The van der Waals surface area contributed by atoms with Crippen LogP contribution in [0.3, 0.4) is 0 Å². The van der Waals surface area contributed by atoms with Crippen LogP contribution in [0.4, 0.5) is 5.82 Å². The zero-order chi connectivity index (χ0) is 17.6. The molecule has 1 aromatic heterocycles. The molecule has 2 heterocycles. The van der Waals surface area contributed by atoms with Gasteiger partial charge in [0.05, 0.1) is 5.56 Å². The molecule has 1 aromatic carbocycles. The smallest absolute Gasteiger partial charge is 0.252 e. The van der Waals surface area contributed by atoms with Gasteiger partial charge < -0.3 is 10.2 Å². The number of rotatable bonds is 5. The standard InChI is InChI=1S/C20H24ClN3O/c1-15-9-12-24(13-10-15)19-7-4-17(14-23-19)20(25)22-11-8-16-2-5-18(21)6-3-16/h2-7,14-15H,8-13H2,1H3,(H,22,25). The van der Waals surface area contributed by atoms with E-state index in [0.717, 1.165) is 41.8 Å². The third-order valence-corrected chi connectivity index (χ3v) is 4.98. The first-order valence-corrected chi connectivity index (χ1v) is 9.23. The first-order chi connectivity index (χ1) is 12.1. The van der Waals surface area contributed by atoms with Crippen LogP contribution >= 0.6 is 11.6 Å². The van der Waals surface area contributed by atoms with Gasteiger partial charge in [-0.05, 0) is 55.0 Å². The van der Waals surface area contributed by atoms with Gasteiger partial charge in [0, 0.05) is 30.9 Å². The molecular weight excluding hydrogens is 334 g/mol. The average molecular weight is 358 g/mol. The van der Waals surface area contributed by atoms with Gasteiger partial charge in [0.15, 0.2) is 0 Å². The highest BCUT2D eigenvalue weighted by atomic mass is 35.5. The van der Waals surface area contributed by atoms with E-state index in [-0.39, 0.29) is 5.91 Å². The molecule has 1 aliphatic heterocycles. The van der Waals surface area contributed by atoms with Gasteiger partial charge in [-0.1, -0.05) is 30.7 Å². The molecule has 1 saturated heterocycles. The molecule has 3 rings (SSSR count). The van der Waals surface area contributed by atoms with Crippen LogP contribution in [0.1, 0.15) is 35.7 Å². The van der Waals surface area contributed by atoms with Crippen LogP contribution in [-0.2, 0) is 6.42 Å². The molecule has 1 fully saturated rings. The molecule has 0 spiro atoms. The Kier molecular flexibility index (Phi) is 5.92. The summed E-state index contributed by atoms with van der Waals surface area (Å²) in [7, 11) is 0. The van der Waals surface area contributed by atoms with Gasteiger partial charge in [-0.15, -0.1) is 0 Å². The van der Waals surface area contributed by atoms with E-state index in [0.29, 0.717) is 12.1 Å². The van der Waals surface area contributed by atoms with Crippen LogP contribution in [0.25, 0.3) is 0 Å². The molecule has 5 heteroatoms.